The number of nitrogens with two attached hydrogens (primary N) is 1. The van der Waals surface area contributed by atoms with Crippen molar-refractivity contribution in [3.8, 4) is 11.3 Å². The summed E-state index contributed by atoms with van der Waals surface area (Å²) in [5.74, 6) is 0.890. The van der Waals surface area contributed by atoms with Gasteiger partial charge in [-0.05, 0) is 24.6 Å². The zero-order valence-electron chi connectivity index (χ0n) is 8.10. The average molecular weight is 187 g/mol. The molecule has 1 aromatic carbocycles. The molecule has 1 aromatic heterocycles. The SMILES string of the molecule is C[C@H](N)c1ccc(-c2ccco2)cc1. The average Bonchev–Trinajstić information content (AvgIpc) is 2.71. The Bertz CT molecular complexity index is 387. The Labute approximate surface area is 83.4 Å². The van der Waals surface area contributed by atoms with E-state index in [4.69, 9.17) is 10.2 Å². The van der Waals surface area contributed by atoms with Gasteiger partial charge in [-0.3, -0.25) is 0 Å². The number of rotatable bonds is 2. The van der Waals surface area contributed by atoms with Crippen molar-refractivity contribution < 1.29 is 4.42 Å². The third-order valence-corrected chi connectivity index (χ3v) is 2.24. The Morgan fingerprint density at radius 3 is 2.36 bits per heavy atom. The lowest BCUT2D eigenvalue weighted by atomic mass is 10.1. The van der Waals surface area contributed by atoms with E-state index in [1.165, 1.54) is 0 Å². The number of hydrogen-bond donors (Lipinski definition) is 1. The molecule has 0 aliphatic rings. The van der Waals surface area contributed by atoms with E-state index in [0.29, 0.717) is 0 Å². The number of furan rings is 1. The summed E-state index contributed by atoms with van der Waals surface area (Å²) in [4.78, 5) is 0. The first kappa shape index (κ1) is 9.03. The molecule has 0 amide bonds. The maximum Gasteiger partial charge on any atom is 0.133 e. The molecule has 0 radical (unpaired) electrons. The maximum absolute atomic E-state index is 5.76. The van der Waals surface area contributed by atoms with Crippen molar-refractivity contribution in [3.63, 3.8) is 0 Å². The van der Waals surface area contributed by atoms with Gasteiger partial charge in [-0.15, -0.1) is 0 Å². The highest BCUT2D eigenvalue weighted by atomic mass is 16.3. The van der Waals surface area contributed by atoms with Gasteiger partial charge in [-0.2, -0.15) is 0 Å². The minimum Gasteiger partial charge on any atom is -0.464 e. The molecule has 2 rings (SSSR count). The van der Waals surface area contributed by atoms with Gasteiger partial charge in [0.05, 0.1) is 6.26 Å². The summed E-state index contributed by atoms with van der Waals surface area (Å²) in [6.45, 7) is 1.97. The van der Waals surface area contributed by atoms with Crippen LogP contribution in [0.15, 0.2) is 47.1 Å². The lowest BCUT2D eigenvalue weighted by Gasteiger charge is -2.05. The Hall–Kier alpha value is -1.54. The highest BCUT2D eigenvalue weighted by Gasteiger charge is 2.02. The van der Waals surface area contributed by atoms with Crippen LogP contribution in [0.5, 0.6) is 0 Å². The molecule has 1 atom stereocenters. The van der Waals surface area contributed by atoms with E-state index in [2.05, 4.69) is 0 Å². The molecule has 2 N–H and O–H groups in total. The summed E-state index contributed by atoms with van der Waals surface area (Å²) in [6, 6.07) is 12.0. The van der Waals surface area contributed by atoms with Crippen molar-refractivity contribution in [2.24, 2.45) is 5.73 Å². The van der Waals surface area contributed by atoms with Crippen LogP contribution in [0.25, 0.3) is 11.3 Å². The van der Waals surface area contributed by atoms with Crippen molar-refractivity contribution >= 4 is 0 Å². The number of hydrogen-bond acceptors (Lipinski definition) is 2. The van der Waals surface area contributed by atoms with Crippen LogP contribution in [0.2, 0.25) is 0 Å². The van der Waals surface area contributed by atoms with E-state index in [9.17, 15) is 0 Å². The molecule has 0 aliphatic carbocycles. The fourth-order valence-corrected chi connectivity index (χ4v) is 1.39. The Kier molecular flexibility index (Phi) is 2.37. The van der Waals surface area contributed by atoms with Crippen LogP contribution in [0.1, 0.15) is 18.5 Å². The summed E-state index contributed by atoms with van der Waals surface area (Å²) in [5.41, 5.74) is 7.98. The van der Waals surface area contributed by atoms with Crippen molar-refractivity contribution in [2.45, 2.75) is 13.0 Å². The van der Waals surface area contributed by atoms with E-state index in [-0.39, 0.29) is 6.04 Å². The first-order valence-electron chi connectivity index (χ1n) is 4.67. The first-order chi connectivity index (χ1) is 6.77. The van der Waals surface area contributed by atoms with Gasteiger partial charge < -0.3 is 10.2 Å². The topological polar surface area (TPSA) is 39.2 Å². The summed E-state index contributed by atoms with van der Waals surface area (Å²) in [7, 11) is 0. The molecule has 0 fully saturated rings. The van der Waals surface area contributed by atoms with Crippen LogP contribution < -0.4 is 5.73 Å². The number of benzene rings is 1. The monoisotopic (exact) mass is 187 g/mol. The lowest BCUT2D eigenvalue weighted by Crippen LogP contribution is -2.04. The van der Waals surface area contributed by atoms with E-state index < -0.39 is 0 Å². The zero-order chi connectivity index (χ0) is 9.97. The van der Waals surface area contributed by atoms with Crippen LogP contribution >= 0.6 is 0 Å². The Morgan fingerprint density at radius 2 is 1.86 bits per heavy atom. The first-order valence-corrected chi connectivity index (χ1v) is 4.67. The molecule has 2 nitrogen and oxygen atoms in total. The summed E-state index contributed by atoms with van der Waals surface area (Å²) in [6.07, 6.45) is 1.68. The highest BCUT2D eigenvalue weighted by molar-refractivity contribution is 5.57. The minimum atomic E-state index is 0.0839. The molecule has 0 bridgehead atoms. The molecule has 1 heterocycles. The van der Waals surface area contributed by atoms with Gasteiger partial charge in [0.2, 0.25) is 0 Å². The maximum atomic E-state index is 5.76. The normalized spacial score (nSPS) is 12.7. The van der Waals surface area contributed by atoms with Gasteiger partial charge in [-0.25, -0.2) is 0 Å². The smallest absolute Gasteiger partial charge is 0.133 e. The van der Waals surface area contributed by atoms with Crippen LogP contribution in [-0.2, 0) is 0 Å². The molecule has 0 saturated carbocycles. The van der Waals surface area contributed by atoms with Crippen molar-refractivity contribution in [1.29, 1.82) is 0 Å². The predicted molar refractivity (Wildman–Crippen MR) is 56.7 cm³/mol. The van der Waals surface area contributed by atoms with Gasteiger partial charge >= 0.3 is 0 Å². The van der Waals surface area contributed by atoms with Crippen LogP contribution in [0.3, 0.4) is 0 Å². The third kappa shape index (κ3) is 1.70. The van der Waals surface area contributed by atoms with Gasteiger partial charge in [0.25, 0.3) is 0 Å². The third-order valence-electron chi connectivity index (χ3n) is 2.24. The van der Waals surface area contributed by atoms with Gasteiger partial charge in [-0.1, -0.05) is 24.3 Å². The molecular formula is C12H13NO. The molecule has 0 aliphatic heterocycles. The van der Waals surface area contributed by atoms with Gasteiger partial charge in [0.1, 0.15) is 5.76 Å². The van der Waals surface area contributed by atoms with Crippen molar-refractivity contribution in [3.05, 3.63) is 48.2 Å². The largest absolute Gasteiger partial charge is 0.464 e. The zero-order valence-corrected chi connectivity index (χ0v) is 8.10. The van der Waals surface area contributed by atoms with E-state index in [1.807, 2.05) is 43.3 Å². The fourth-order valence-electron chi connectivity index (χ4n) is 1.39. The molecule has 72 valence electrons. The van der Waals surface area contributed by atoms with Crippen molar-refractivity contribution in [2.75, 3.05) is 0 Å². The van der Waals surface area contributed by atoms with Gasteiger partial charge in [0, 0.05) is 11.6 Å². The molecule has 2 aromatic rings. The second-order valence-electron chi connectivity index (χ2n) is 3.39. The highest BCUT2D eigenvalue weighted by Crippen LogP contribution is 2.21. The molecule has 0 spiro atoms. The molecular weight excluding hydrogens is 174 g/mol. The van der Waals surface area contributed by atoms with Crippen LogP contribution in [0, 0.1) is 0 Å². The van der Waals surface area contributed by atoms with Crippen LogP contribution in [0.4, 0.5) is 0 Å². The van der Waals surface area contributed by atoms with E-state index in [1.54, 1.807) is 6.26 Å². The van der Waals surface area contributed by atoms with E-state index >= 15 is 0 Å². The minimum absolute atomic E-state index is 0.0839. The van der Waals surface area contributed by atoms with Gasteiger partial charge in [0.15, 0.2) is 0 Å². The second-order valence-corrected chi connectivity index (χ2v) is 3.39. The Balaban J connectivity index is 2.31. The molecule has 2 heteroatoms. The quantitative estimate of drug-likeness (QED) is 0.785. The molecule has 14 heavy (non-hydrogen) atoms. The summed E-state index contributed by atoms with van der Waals surface area (Å²) < 4.78 is 5.29. The standard InChI is InChI=1S/C12H13NO/c1-9(13)10-4-6-11(7-5-10)12-3-2-8-14-12/h2-9H,13H2,1H3/t9-/m0/s1. The summed E-state index contributed by atoms with van der Waals surface area (Å²) in [5, 5.41) is 0. The Morgan fingerprint density at radius 1 is 1.14 bits per heavy atom. The lowest BCUT2D eigenvalue weighted by molar-refractivity contribution is 0.582. The second kappa shape index (κ2) is 3.68. The molecule has 0 unspecified atom stereocenters. The fraction of sp³-hybridized carbons (Fsp3) is 0.167. The summed E-state index contributed by atoms with van der Waals surface area (Å²) >= 11 is 0. The van der Waals surface area contributed by atoms with Crippen molar-refractivity contribution in [1.82, 2.24) is 0 Å². The predicted octanol–water partition coefficient (Wildman–Crippen LogP) is 2.97. The van der Waals surface area contributed by atoms with E-state index in [0.717, 1.165) is 16.9 Å². The van der Waals surface area contributed by atoms with Crippen LogP contribution in [-0.4, -0.2) is 0 Å². The molecule has 0 saturated heterocycles.